The Morgan fingerprint density at radius 2 is 2.00 bits per heavy atom. The van der Waals surface area contributed by atoms with Crippen molar-refractivity contribution in [3.63, 3.8) is 0 Å². The van der Waals surface area contributed by atoms with E-state index in [1.54, 1.807) is 6.20 Å². The number of anilines is 2. The molecule has 108 valence electrons. The van der Waals surface area contributed by atoms with E-state index in [0.717, 1.165) is 37.4 Å². The predicted octanol–water partition coefficient (Wildman–Crippen LogP) is 2.05. The van der Waals surface area contributed by atoms with Crippen molar-refractivity contribution < 1.29 is 9.53 Å². The Balaban J connectivity index is 1.58. The van der Waals surface area contributed by atoms with E-state index in [4.69, 9.17) is 4.74 Å². The van der Waals surface area contributed by atoms with Gasteiger partial charge in [-0.1, -0.05) is 0 Å². The van der Waals surface area contributed by atoms with E-state index in [-0.39, 0.29) is 11.8 Å². The molecule has 2 saturated heterocycles. The molecule has 1 amide bonds. The lowest BCUT2D eigenvalue weighted by Gasteiger charge is -2.21. The van der Waals surface area contributed by atoms with E-state index in [9.17, 15) is 4.79 Å². The van der Waals surface area contributed by atoms with Crippen LogP contribution in [0.5, 0.6) is 0 Å². The van der Waals surface area contributed by atoms with Gasteiger partial charge < -0.3 is 15.0 Å². The molecule has 0 aliphatic carbocycles. The molecule has 0 atom stereocenters. The minimum Gasteiger partial charge on any atom is -0.381 e. The molecule has 20 heavy (non-hydrogen) atoms. The Kier molecular flexibility index (Phi) is 4.16. The molecular formula is C15H21N3O2. The van der Waals surface area contributed by atoms with Gasteiger partial charge in [-0.2, -0.15) is 0 Å². The fourth-order valence-corrected chi connectivity index (χ4v) is 2.80. The summed E-state index contributed by atoms with van der Waals surface area (Å²) in [5, 5.41) is 2.95. The highest BCUT2D eigenvalue weighted by Gasteiger charge is 2.21. The summed E-state index contributed by atoms with van der Waals surface area (Å²) in [6.07, 6.45) is 5.86. The van der Waals surface area contributed by atoms with Crippen molar-refractivity contribution in [2.75, 3.05) is 36.5 Å². The minimum atomic E-state index is 0.0713. The molecule has 0 radical (unpaired) electrons. The average Bonchev–Trinajstić information content (AvgIpc) is 3.03. The van der Waals surface area contributed by atoms with Crippen molar-refractivity contribution in [1.29, 1.82) is 0 Å². The Bertz CT molecular complexity index is 449. The molecule has 0 saturated carbocycles. The molecule has 0 aromatic carbocycles. The molecule has 5 nitrogen and oxygen atoms in total. The molecule has 0 unspecified atom stereocenters. The summed E-state index contributed by atoms with van der Waals surface area (Å²) in [5.74, 6) is 1.16. The van der Waals surface area contributed by atoms with Gasteiger partial charge in [0.05, 0.1) is 11.9 Å². The topological polar surface area (TPSA) is 54.5 Å². The summed E-state index contributed by atoms with van der Waals surface area (Å²) in [6.45, 7) is 3.54. The van der Waals surface area contributed by atoms with Gasteiger partial charge in [-0.05, 0) is 37.8 Å². The third-order valence-electron chi connectivity index (χ3n) is 4.04. The molecule has 1 aromatic rings. The van der Waals surface area contributed by atoms with Crippen molar-refractivity contribution in [3.05, 3.63) is 18.3 Å². The SMILES string of the molecule is O=C(Nc1ccc(N2CCCC2)nc1)C1CCOCC1. The summed E-state index contributed by atoms with van der Waals surface area (Å²) in [6, 6.07) is 3.93. The van der Waals surface area contributed by atoms with Crippen molar-refractivity contribution >= 4 is 17.4 Å². The maximum atomic E-state index is 12.1. The fourth-order valence-electron chi connectivity index (χ4n) is 2.80. The first kappa shape index (κ1) is 13.4. The molecule has 3 rings (SSSR count). The number of aromatic nitrogens is 1. The van der Waals surface area contributed by atoms with Crippen LogP contribution in [0.1, 0.15) is 25.7 Å². The summed E-state index contributed by atoms with van der Waals surface area (Å²) in [7, 11) is 0. The van der Waals surface area contributed by atoms with Gasteiger partial charge in [0.2, 0.25) is 5.91 Å². The molecule has 2 aliphatic rings. The largest absolute Gasteiger partial charge is 0.381 e. The third-order valence-corrected chi connectivity index (χ3v) is 4.04. The number of carbonyl (C=O) groups excluding carboxylic acids is 1. The van der Waals surface area contributed by atoms with Crippen LogP contribution in [0.2, 0.25) is 0 Å². The Labute approximate surface area is 119 Å². The number of nitrogens with one attached hydrogen (secondary N) is 1. The number of carbonyl (C=O) groups is 1. The molecule has 0 bridgehead atoms. The molecular weight excluding hydrogens is 254 g/mol. The molecule has 3 heterocycles. The molecule has 1 N–H and O–H groups in total. The number of pyridine rings is 1. The smallest absolute Gasteiger partial charge is 0.227 e. The van der Waals surface area contributed by atoms with Gasteiger partial charge >= 0.3 is 0 Å². The van der Waals surface area contributed by atoms with Crippen LogP contribution in [0, 0.1) is 5.92 Å². The lowest BCUT2D eigenvalue weighted by atomic mass is 9.99. The quantitative estimate of drug-likeness (QED) is 0.917. The zero-order valence-electron chi connectivity index (χ0n) is 11.7. The second-order valence-corrected chi connectivity index (χ2v) is 5.48. The monoisotopic (exact) mass is 275 g/mol. The number of amides is 1. The van der Waals surface area contributed by atoms with E-state index in [1.807, 2.05) is 12.1 Å². The van der Waals surface area contributed by atoms with Crippen molar-refractivity contribution in [3.8, 4) is 0 Å². The van der Waals surface area contributed by atoms with Crippen LogP contribution in [-0.2, 0) is 9.53 Å². The molecule has 2 fully saturated rings. The lowest BCUT2D eigenvalue weighted by Crippen LogP contribution is -2.28. The van der Waals surface area contributed by atoms with Gasteiger partial charge in [0.1, 0.15) is 5.82 Å². The van der Waals surface area contributed by atoms with Gasteiger partial charge in [0.15, 0.2) is 0 Å². The van der Waals surface area contributed by atoms with Crippen LogP contribution < -0.4 is 10.2 Å². The third kappa shape index (κ3) is 3.10. The standard InChI is InChI=1S/C15H21N3O2/c19-15(12-5-9-20-10-6-12)17-13-3-4-14(16-11-13)18-7-1-2-8-18/h3-4,11-12H,1-2,5-10H2,(H,17,19). The minimum absolute atomic E-state index is 0.0713. The van der Waals surface area contributed by atoms with Crippen LogP contribution in [0.3, 0.4) is 0 Å². The number of hydrogen-bond acceptors (Lipinski definition) is 4. The van der Waals surface area contributed by atoms with Crippen LogP contribution >= 0.6 is 0 Å². The van der Waals surface area contributed by atoms with E-state index >= 15 is 0 Å². The van der Waals surface area contributed by atoms with Crippen LogP contribution in [0.4, 0.5) is 11.5 Å². The Morgan fingerprint density at radius 1 is 1.25 bits per heavy atom. The summed E-state index contributed by atoms with van der Waals surface area (Å²) in [4.78, 5) is 18.8. The van der Waals surface area contributed by atoms with Crippen molar-refractivity contribution in [2.45, 2.75) is 25.7 Å². The Hall–Kier alpha value is -1.62. The first-order valence-electron chi connectivity index (χ1n) is 7.42. The van der Waals surface area contributed by atoms with Gasteiger partial charge in [0.25, 0.3) is 0 Å². The lowest BCUT2D eigenvalue weighted by molar-refractivity contribution is -0.122. The van der Waals surface area contributed by atoms with Gasteiger partial charge in [-0.3, -0.25) is 4.79 Å². The first-order valence-corrected chi connectivity index (χ1v) is 7.42. The second kappa shape index (κ2) is 6.22. The van der Waals surface area contributed by atoms with E-state index < -0.39 is 0 Å². The highest BCUT2D eigenvalue weighted by Crippen LogP contribution is 2.21. The number of ether oxygens (including phenoxy) is 1. The highest BCUT2D eigenvalue weighted by atomic mass is 16.5. The normalized spacial score (nSPS) is 20.1. The zero-order valence-corrected chi connectivity index (χ0v) is 11.7. The van der Waals surface area contributed by atoms with E-state index in [0.29, 0.717) is 13.2 Å². The maximum absolute atomic E-state index is 12.1. The molecule has 2 aliphatic heterocycles. The average molecular weight is 275 g/mol. The number of rotatable bonds is 3. The van der Waals surface area contributed by atoms with Crippen LogP contribution in [-0.4, -0.2) is 37.2 Å². The summed E-state index contributed by atoms with van der Waals surface area (Å²) < 4.78 is 5.27. The number of hydrogen-bond donors (Lipinski definition) is 1. The number of nitrogens with zero attached hydrogens (tertiary/aromatic N) is 2. The van der Waals surface area contributed by atoms with Crippen LogP contribution in [0.25, 0.3) is 0 Å². The summed E-state index contributed by atoms with van der Waals surface area (Å²) in [5.41, 5.74) is 0.782. The van der Waals surface area contributed by atoms with Gasteiger partial charge in [-0.25, -0.2) is 4.98 Å². The maximum Gasteiger partial charge on any atom is 0.227 e. The van der Waals surface area contributed by atoms with E-state index in [2.05, 4.69) is 15.2 Å². The molecule has 5 heteroatoms. The van der Waals surface area contributed by atoms with Gasteiger partial charge in [0, 0.05) is 32.2 Å². The Morgan fingerprint density at radius 3 is 2.65 bits per heavy atom. The fraction of sp³-hybridized carbons (Fsp3) is 0.600. The highest BCUT2D eigenvalue weighted by molar-refractivity contribution is 5.92. The molecule has 0 spiro atoms. The second-order valence-electron chi connectivity index (χ2n) is 5.48. The van der Waals surface area contributed by atoms with Crippen molar-refractivity contribution in [2.24, 2.45) is 5.92 Å². The predicted molar refractivity (Wildman–Crippen MR) is 77.9 cm³/mol. The zero-order chi connectivity index (χ0) is 13.8. The van der Waals surface area contributed by atoms with Gasteiger partial charge in [-0.15, -0.1) is 0 Å². The first-order chi connectivity index (χ1) is 9.83. The van der Waals surface area contributed by atoms with E-state index in [1.165, 1.54) is 12.8 Å². The van der Waals surface area contributed by atoms with Crippen molar-refractivity contribution in [1.82, 2.24) is 4.98 Å². The molecule has 1 aromatic heterocycles. The van der Waals surface area contributed by atoms with Crippen LogP contribution in [0.15, 0.2) is 18.3 Å². The summed E-state index contributed by atoms with van der Waals surface area (Å²) >= 11 is 0.